The van der Waals surface area contributed by atoms with Crippen LogP contribution in [0.1, 0.15) is 26.2 Å². The maximum absolute atomic E-state index is 11.2. The van der Waals surface area contributed by atoms with Crippen LogP contribution in [0.4, 0.5) is 0 Å². The quantitative estimate of drug-likeness (QED) is 0.493. The lowest BCUT2D eigenvalue weighted by atomic mass is 10.2. The lowest BCUT2D eigenvalue weighted by Gasteiger charge is -2.08. The Labute approximate surface area is 106 Å². The molecule has 0 aromatic carbocycles. The maximum Gasteiger partial charge on any atom is 0.322 e. The van der Waals surface area contributed by atoms with Crippen molar-refractivity contribution in [1.82, 2.24) is 0 Å². The lowest BCUT2D eigenvalue weighted by Crippen LogP contribution is -2.32. The minimum atomic E-state index is -0.608. The van der Waals surface area contributed by atoms with Crippen LogP contribution in [0.5, 0.6) is 0 Å². The third kappa shape index (κ3) is 9.00. The van der Waals surface area contributed by atoms with Gasteiger partial charge in [0.1, 0.15) is 6.04 Å². The van der Waals surface area contributed by atoms with E-state index in [0.29, 0.717) is 24.5 Å². The van der Waals surface area contributed by atoms with Gasteiger partial charge in [-0.1, -0.05) is 13.3 Å². The average Bonchev–Trinajstić information content (AvgIpc) is 2.33. The van der Waals surface area contributed by atoms with E-state index in [9.17, 15) is 9.59 Å². The van der Waals surface area contributed by atoms with Crippen molar-refractivity contribution < 1.29 is 19.1 Å². The van der Waals surface area contributed by atoms with Crippen molar-refractivity contribution >= 4 is 23.7 Å². The fourth-order valence-electron chi connectivity index (χ4n) is 1.01. The molecule has 0 fully saturated rings. The van der Waals surface area contributed by atoms with Crippen LogP contribution in [0.25, 0.3) is 0 Å². The van der Waals surface area contributed by atoms with Crippen molar-refractivity contribution in [3.05, 3.63) is 0 Å². The van der Waals surface area contributed by atoms with Crippen molar-refractivity contribution in [3.8, 4) is 0 Å². The minimum absolute atomic E-state index is 0.213. The van der Waals surface area contributed by atoms with Gasteiger partial charge in [-0.25, -0.2) is 0 Å². The van der Waals surface area contributed by atoms with Gasteiger partial charge in [0.25, 0.3) is 0 Å². The molecule has 0 bridgehead atoms. The summed E-state index contributed by atoms with van der Waals surface area (Å²) in [5.41, 5.74) is 5.54. The van der Waals surface area contributed by atoms with Crippen molar-refractivity contribution in [3.63, 3.8) is 0 Å². The molecule has 5 nitrogen and oxygen atoms in total. The Bertz CT molecular complexity index is 236. The molecule has 0 saturated heterocycles. The number of hydrogen-bond donors (Lipinski definition) is 1. The molecule has 0 amide bonds. The Morgan fingerprint density at radius 2 is 2.12 bits per heavy atom. The first kappa shape index (κ1) is 16.2. The van der Waals surface area contributed by atoms with E-state index in [2.05, 4.69) is 4.74 Å². The molecule has 6 heteroatoms. The largest absolute Gasteiger partial charge is 0.468 e. The van der Waals surface area contributed by atoms with Gasteiger partial charge in [-0.2, -0.15) is 11.8 Å². The molecule has 0 aromatic heterocycles. The number of thioether (sulfide) groups is 1. The van der Waals surface area contributed by atoms with Crippen LogP contribution < -0.4 is 5.73 Å². The number of unbranched alkanes of at least 4 members (excludes halogenated alkanes) is 1. The van der Waals surface area contributed by atoms with Crippen LogP contribution in [0.15, 0.2) is 0 Å². The molecular weight excluding hydrogens is 242 g/mol. The fraction of sp³-hybridized carbons (Fsp3) is 0.818. The van der Waals surface area contributed by atoms with E-state index in [1.54, 1.807) is 0 Å². The van der Waals surface area contributed by atoms with E-state index < -0.39 is 12.0 Å². The molecule has 0 spiro atoms. The number of carbonyl (C=O) groups is 2. The third-order valence-electron chi connectivity index (χ3n) is 2.06. The molecule has 0 aliphatic heterocycles. The molecule has 100 valence electrons. The van der Waals surface area contributed by atoms with Gasteiger partial charge in [-0.3, -0.25) is 9.59 Å². The number of nitrogens with two attached hydrogens (primary N) is 1. The van der Waals surface area contributed by atoms with Crippen LogP contribution >= 0.6 is 11.8 Å². The highest BCUT2D eigenvalue weighted by atomic mass is 32.2. The first-order valence-corrected chi connectivity index (χ1v) is 6.84. The summed E-state index contributed by atoms with van der Waals surface area (Å²) < 4.78 is 9.47. The lowest BCUT2D eigenvalue weighted by molar-refractivity contribution is -0.142. The molecule has 0 saturated carbocycles. The summed E-state index contributed by atoms with van der Waals surface area (Å²) in [7, 11) is 1.31. The Balaban J connectivity index is 3.44. The standard InChI is InChI=1S/C11H21NO4S/c1-3-4-6-16-10(13)8-17-7-5-9(12)11(14)15-2/h9H,3-8,12H2,1-2H3. The molecule has 0 aliphatic carbocycles. The zero-order chi connectivity index (χ0) is 13.1. The first-order valence-electron chi connectivity index (χ1n) is 5.68. The highest BCUT2D eigenvalue weighted by Gasteiger charge is 2.13. The molecule has 0 radical (unpaired) electrons. The molecular formula is C11H21NO4S. The second kappa shape index (κ2) is 10.4. The first-order chi connectivity index (χ1) is 8.11. The highest BCUT2D eigenvalue weighted by Crippen LogP contribution is 2.05. The van der Waals surface area contributed by atoms with E-state index in [1.165, 1.54) is 18.9 Å². The summed E-state index contributed by atoms with van der Waals surface area (Å²) in [6, 6.07) is -0.608. The Morgan fingerprint density at radius 1 is 1.41 bits per heavy atom. The van der Waals surface area contributed by atoms with E-state index >= 15 is 0 Å². The van der Waals surface area contributed by atoms with Gasteiger partial charge in [0.2, 0.25) is 0 Å². The fourth-order valence-corrected chi connectivity index (χ4v) is 1.82. The summed E-state index contributed by atoms with van der Waals surface area (Å²) in [4.78, 5) is 22.2. The van der Waals surface area contributed by atoms with E-state index in [1.807, 2.05) is 6.92 Å². The predicted molar refractivity (Wildman–Crippen MR) is 67.8 cm³/mol. The Morgan fingerprint density at radius 3 is 2.71 bits per heavy atom. The van der Waals surface area contributed by atoms with Gasteiger partial charge in [-0.05, 0) is 18.6 Å². The topological polar surface area (TPSA) is 78.6 Å². The van der Waals surface area contributed by atoms with Crippen LogP contribution in [-0.2, 0) is 19.1 Å². The van der Waals surface area contributed by atoms with Crippen molar-refractivity contribution in [2.75, 3.05) is 25.2 Å². The number of methoxy groups -OCH3 is 1. The molecule has 0 rings (SSSR count). The smallest absolute Gasteiger partial charge is 0.322 e. The van der Waals surface area contributed by atoms with Crippen molar-refractivity contribution in [2.24, 2.45) is 5.73 Å². The summed E-state index contributed by atoms with van der Waals surface area (Å²) >= 11 is 1.41. The van der Waals surface area contributed by atoms with Gasteiger partial charge in [0, 0.05) is 0 Å². The van der Waals surface area contributed by atoms with Crippen molar-refractivity contribution in [2.45, 2.75) is 32.2 Å². The van der Waals surface area contributed by atoms with Crippen LogP contribution in [-0.4, -0.2) is 43.2 Å². The van der Waals surface area contributed by atoms with Gasteiger partial charge in [0.05, 0.1) is 19.5 Å². The number of rotatable bonds is 9. The normalized spacial score (nSPS) is 11.9. The zero-order valence-corrected chi connectivity index (χ0v) is 11.3. The predicted octanol–water partition coefficient (Wildman–Crippen LogP) is 0.953. The van der Waals surface area contributed by atoms with Gasteiger partial charge in [-0.15, -0.1) is 0 Å². The molecule has 1 atom stereocenters. The van der Waals surface area contributed by atoms with Crippen LogP contribution in [0.3, 0.4) is 0 Å². The summed E-state index contributed by atoms with van der Waals surface area (Å²) in [5.74, 6) is 0.308. The summed E-state index contributed by atoms with van der Waals surface area (Å²) in [5, 5.41) is 0. The van der Waals surface area contributed by atoms with E-state index in [4.69, 9.17) is 10.5 Å². The van der Waals surface area contributed by atoms with Crippen LogP contribution in [0, 0.1) is 0 Å². The summed E-state index contributed by atoms with van der Waals surface area (Å²) in [6.07, 6.45) is 2.40. The van der Waals surface area contributed by atoms with E-state index in [-0.39, 0.29) is 5.97 Å². The SMILES string of the molecule is CCCCOC(=O)CSCCC(N)C(=O)OC. The van der Waals surface area contributed by atoms with Gasteiger partial charge < -0.3 is 15.2 Å². The molecule has 0 aliphatic rings. The molecule has 0 heterocycles. The monoisotopic (exact) mass is 263 g/mol. The Hall–Kier alpha value is -0.750. The number of esters is 2. The zero-order valence-electron chi connectivity index (χ0n) is 10.4. The van der Waals surface area contributed by atoms with Gasteiger partial charge in [0.15, 0.2) is 0 Å². The van der Waals surface area contributed by atoms with Crippen molar-refractivity contribution in [1.29, 1.82) is 0 Å². The average molecular weight is 263 g/mol. The number of carbonyl (C=O) groups excluding carboxylic acids is 2. The molecule has 2 N–H and O–H groups in total. The maximum atomic E-state index is 11.2. The number of ether oxygens (including phenoxy) is 2. The third-order valence-corrected chi connectivity index (χ3v) is 3.02. The highest BCUT2D eigenvalue weighted by molar-refractivity contribution is 7.99. The Kier molecular flexibility index (Phi) is 9.95. The number of hydrogen-bond acceptors (Lipinski definition) is 6. The molecule has 17 heavy (non-hydrogen) atoms. The molecule has 1 unspecified atom stereocenters. The second-order valence-corrected chi connectivity index (χ2v) is 4.65. The van der Waals surface area contributed by atoms with Gasteiger partial charge >= 0.3 is 11.9 Å². The van der Waals surface area contributed by atoms with Crippen LogP contribution in [0.2, 0.25) is 0 Å². The minimum Gasteiger partial charge on any atom is -0.468 e. The van der Waals surface area contributed by atoms with E-state index in [0.717, 1.165) is 12.8 Å². The summed E-state index contributed by atoms with van der Waals surface area (Å²) in [6.45, 7) is 2.52. The molecule has 0 aromatic rings. The second-order valence-electron chi connectivity index (χ2n) is 3.54.